The van der Waals surface area contributed by atoms with Crippen LogP contribution in [0.5, 0.6) is 5.75 Å². The fourth-order valence-corrected chi connectivity index (χ4v) is 6.23. The van der Waals surface area contributed by atoms with Gasteiger partial charge in [-0.1, -0.05) is 119 Å². The second-order valence-electron chi connectivity index (χ2n) is 11.7. The summed E-state index contributed by atoms with van der Waals surface area (Å²) in [7, 11) is 0. The first-order valence-corrected chi connectivity index (χ1v) is 16.9. The van der Waals surface area contributed by atoms with E-state index >= 15 is 0 Å². The predicted octanol–water partition coefficient (Wildman–Crippen LogP) is 7.16. The minimum atomic E-state index is -1.33. The van der Waals surface area contributed by atoms with Crippen molar-refractivity contribution in [2.75, 3.05) is 19.8 Å². The Labute approximate surface area is 289 Å². The lowest BCUT2D eigenvalue weighted by Gasteiger charge is -2.31. The highest BCUT2D eigenvalue weighted by atomic mass is 79.9. The third-order valence-corrected chi connectivity index (χ3v) is 8.96. The summed E-state index contributed by atoms with van der Waals surface area (Å²) in [6.07, 6.45) is 0.158. The smallest absolute Gasteiger partial charge is 0.266 e. The Morgan fingerprint density at radius 2 is 1.44 bits per heavy atom. The quantitative estimate of drug-likeness (QED) is 0.0843. The Balaban J connectivity index is 1.33. The summed E-state index contributed by atoms with van der Waals surface area (Å²) in [4.78, 5) is 19.8. The molecule has 0 saturated heterocycles. The minimum Gasteiger partial charge on any atom is -0.494 e. The van der Waals surface area contributed by atoms with Crippen molar-refractivity contribution in [1.29, 1.82) is 0 Å². The standard InChI is InChI=1S/C40H38BrN3O4/c41-34-21-17-32(18-22-34)37-40(27-29-11-4-1-5-12-29,43-38(48-37)33-19-23-35(24-20-33)47-26-10-25-45)39(46)44-42-28-36(30-13-6-2-7-14-30)31-15-8-3-9-16-31/h1-9,11-24,36-37,42,45H,10,25-28H2,(H,44,46)/t37-,40-/m0/s1. The number of hydrazine groups is 1. The first-order valence-electron chi connectivity index (χ1n) is 16.1. The number of nitrogens with zero attached hydrogens (tertiary/aromatic N) is 1. The Morgan fingerprint density at radius 1 is 0.833 bits per heavy atom. The van der Waals surface area contributed by atoms with Crippen molar-refractivity contribution in [2.24, 2.45) is 4.99 Å². The van der Waals surface area contributed by atoms with Gasteiger partial charge in [-0.2, -0.15) is 0 Å². The molecule has 0 radical (unpaired) electrons. The van der Waals surface area contributed by atoms with E-state index in [1.54, 1.807) is 0 Å². The van der Waals surface area contributed by atoms with Gasteiger partial charge >= 0.3 is 0 Å². The third kappa shape index (κ3) is 7.85. The van der Waals surface area contributed by atoms with Crippen LogP contribution in [0, 0.1) is 0 Å². The molecule has 0 unspecified atom stereocenters. The largest absolute Gasteiger partial charge is 0.494 e. The van der Waals surface area contributed by atoms with E-state index in [1.165, 1.54) is 0 Å². The summed E-state index contributed by atoms with van der Waals surface area (Å²) in [6, 6.07) is 45.7. The van der Waals surface area contributed by atoms with Crippen LogP contribution in [0.1, 0.15) is 46.3 Å². The first-order chi connectivity index (χ1) is 23.6. The van der Waals surface area contributed by atoms with Crippen LogP contribution in [0.25, 0.3) is 0 Å². The molecule has 1 heterocycles. The summed E-state index contributed by atoms with van der Waals surface area (Å²) in [5.74, 6) is 0.775. The Bertz CT molecular complexity index is 1750. The number of nitrogens with one attached hydrogen (secondary N) is 2. The molecule has 0 aromatic heterocycles. The maximum atomic E-state index is 14.6. The maximum Gasteiger partial charge on any atom is 0.266 e. The lowest BCUT2D eigenvalue weighted by Crippen LogP contribution is -2.54. The fourth-order valence-electron chi connectivity index (χ4n) is 5.97. The van der Waals surface area contributed by atoms with Gasteiger partial charge in [-0.05, 0) is 58.7 Å². The average molecular weight is 705 g/mol. The Morgan fingerprint density at radius 3 is 2.04 bits per heavy atom. The molecule has 5 aromatic carbocycles. The SMILES string of the molecule is O=C(NNCC(c1ccccc1)c1ccccc1)[C@@]1(Cc2ccccc2)N=C(c2ccc(OCCCO)cc2)O[C@H]1c1ccc(Br)cc1. The third-order valence-electron chi connectivity index (χ3n) is 8.43. The highest BCUT2D eigenvalue weighted by Gasteiger charge is 2.53. The van der Waals surface area contributed by atoms with E-state index in [1.807, 2.05) is 115 Å². The Kier molecular flexibility index (Phi) is 11.0. The summed E-state index contributed by atoms with van der Waals surface area (Å²) in [5, 5.41) is 9.10. The van der Waals surface area contributed by atoms with Crippen molar-refractivity contribution in [2.45, 2.75) is 30.4 Å². The number of aliphatic hydroxyl groups excluding tert-OH is 1. The van der Waals surface area contributed by atoms with E-state index in [2.05, 4.69) is 51.0 Å². The zero-order valence-electron chi connectivity index (χ0n) is 26.5. The van der Waals surface area contributed by atoms with Crippen LogP contribution in [0.3, 0.4) is 0 Å². The van der Waals surface area contributed by atoms with Gasteiger partial charge in [0.2, 0.25) is 5.90 Å². The number of rotatable bonds is 14. The summed E-state index contributed by atoms with van der Waals surface area (Å²) in [5.41, 5.74) is 9.80. The van der Waals surface area contributed by atoms with Gasteiger partial charge in [0.05, 0.1) is 6.61 Å². The van der Waals surface area contributed by atoms with Crippen molar-refractivity contribution in [1.82, 2.24) is 10.9 Å². The van der Waals surface area contributed by atoms with E-state index < -0.39 is 11.6 Å². The highest BCUT2D eigenvalue weighted by molar-refractivity contribution is 9.10. The zero-order valence-corrected chi connectivity index (χ0v) is 28.1. The van der Waals surface area contributed by atoms with Gasteiger partial charge in [-0.3, -0.25) is 10.2 Å². The fraction of sp³-hybridized carbons (Fsp3) is 0.200. The van der Waals surface area contributed by atoms with Gasteiger partial charge < -0.3 is 14.6 Å². The Hall–Kier alpha value is -4.76. The minimum absolute atomic E-state index is 0.0112. The van der Waals surface area contributed by atoms with E-state index in [4.69, 9.17) is 19.6 Å². The van der Waals surface area contributed by atoms with Gasteiger partial charge in [0.15, 0.2) is 11.6 Å². The molecule has 0 bridgehead atoms. The molecule has 7 nitrogen and oxygen atoms in total. The van der Waals surface area contributed by atoms with Gasteiger partial charge in [0.25, 0.3) is 5.91 Å². The molecule has 0 saturated carbocycles. The molecule has 3 N–H and O–H groups in total. The lowest BCUT2D eigenvalue weighted by atomic mass is 9.82. The molecule has 5 aromatic rings. The van der Waals surface area contributed by atoms with Crippen molar-refractivity contribution in [3.63, 3.8) is 0 Å². The molecule has 2 atom stereocenters. The highest BCUT2D eigenvalue weighted by Crippen LogP contribution is 2.43. The van der Waals surface area contributed by atoms with E-state index in [9.17, 15) is 4.79 Å². The van der Waals surface area contributed by atoms with Crippen LogP contribution in [-0.2, 0) is 16.0 Å². The molecular weight excluding hydrogens is 666 g/mol. The monoisotopic (exact) mass is 703 g/mol. The molecule has 0 aliphatic carbocycles. The van der Waals surface area contributed by atoms with Crippen LogP contribution >= 0.6 is 15.9 Å². The van der Waals surface area contributed by atoms with Gasteiger partial charge in [0.1, 0.15) is 5.75 Å². The van der Waals surface area contributed by atoms with Crippen molar-refractivity contribution < 1.29 is 19.4 Å². The normalized spacial score (nSPS) is 17.1. The second kappa shape index (κ2) is 15.9. The number of halogens is 1. The summed E-state index contributed by atoms with van der Waals surface area (Å²) in [6.45, 7) is 0.959. The average Bonchev–Trinajstić information content (AvgIpc) is 3.52. The number of aliphatic imine (C=N–C) groups is 1. The van der Waals surface area contributed by atoms with Crippen LogP contribution in [0.4, 0.5) is 0 Å². The maximum absolute atomic E-state index is 14.6. The van der Waals surface area contributed by atoms with Crippen molar-refractivity contribution >= 4 is 27.7 Å². The molecule has 48 heavy (non-hydrogen) atoms. The van der Waals surface area contributed by atoms with Gasteiger partial charge in [0, 0.05) is 41.9 Å². The number of aliphatic hydroxyl groups is 1. The number of benzene rings is 5. The summed E-state index contributed by atoms with van der Waals surface area (Å²) >= 11 is 3.54. The molecule has 1 amide bonds. The molecule has 244 valence electrons. The van der Waals surface area contributed by atoms with Crippen LogP contribution in [-0.4, -0.2) is 42.2 Å². The topological polar surface area (TPSA) is 92.2 Å². The molecule has 8 heteroatoms. The lowest BCUT2D eigenvalue weighted by molar-refractivity contribution is -0.130. The van der Waals surface area contributed by atoms with Crippen LogP contribution in [0.15, 0.2) is 149 Å². The molecule has 1 aliphatic rings. The van der Waals surface area contributed by atoms with E-state index in [0.29, 0.717) is 37.6 Å². The summed E-state index contributed by atoms with van der Waals surface area (Å²) < 4.78 is 13.3. The molecule has 1 aliphatic heterocycles. The van der Waals surface area contributed by atoms with E-state index in [-0.39, 0.29) is 18.4 Å². The number of hydrogen-bond acceptors (Lipinski definition) is 6. The number of ether oxygens (including phenoxy) is 2. The number of carbonyl (C=O) groups is 1. The second-order valence-corrected chi connectivity index (χ2v) is 12.6. The molecular formula is C40H38BrN3O4. The number of hydrogen-bond donors (Lipinski definition) is 3. The van der Waals surface area contributed by atoms with Crippen LogP contribution in [0.2, 0.25) is 0 Å². The van der Waals surface area contributed by atoms with Gasteiger partial charge in [-0.25, -0.2) is 10.4 Å². The molecule has 0 spiro atoms. The molecule has 6 rings (SSSR count). The van der Waals surface area contributed by atoms with Crippen LogP contribution < -0.4 is 15.6 Å². The number of carbonyl (C=O) groups excluding carboxylic acids is 1. The number of amides is 1. The molecule has 0 fully saturated rings. The van der Waals surface area contributed by atoms with Crippen molar-refractivity contribution in [3.8, 4) is 5.75 Å². The first kappa shape index (κ1) is 33.2. The van der Waals surface area contributed by atoms with E-state index in [0.717, 1.165) is 32.3 Å². The van der Waals surface area contributed by atoms with Crippen molar-refractivity contribution in [3.05, 3.63) is 172 Å². The zero-order chi connectivity index (χ0) is 33.2. The predicted molar refractivity (Wildman–Crippen MR) is 192 cm³/mol. The van der Waals surface area contributed by atoms with Gasteiger partial charge in [-0.15, -0.1) is 0 Å².